The predicted octanol–water partition coefficient (Wildman–Crippen LogP) is -0.330. The molecule has 0 aliphatic carbocycles. The molecule has 0 radical (unpaired) electrons. The number of ether oxygens (including phenoxy) is 2. The van der Waals surface area contributed by atoms with Crippen molar-refractivity contribution in [2.45, 2.75) is 4.90 Å². The molecule has 3 rings (SSSR count). The number of nitrogens with zero attached hydrogens (tertiary/aromatic N) is 4. The van der Waals surface area contributed by atoms with Crippen molar-refractivity contribution in [3.05, 3.63) is 24.3 Å². The Bertz CT molecular complexity index is 901. The minimum Gasteiger partial charge on any atom is -0.744 e. The summed E-state index contributed by atoms with van der Waals surface area (Å²) in [6.45, 7) is 2.51. The van der Waals surface area contributed by atoms with Crippen molar-refractivity contribution in [3.8, 4) is 6.01 Å². The Morgan fingerprint density at radius 2 is 1.85 bits per heavy atom. The fourth-order valence-corrected chi connectivity index (χ4v) is 3.22. The number of hydrogen-bond donors (Lipinski definition) is 1. The van der Waals surface area contributed by atoms with Crippen LogP contribution in [-0.2, 0) is 14.9 Å². The van der Waals surface area contributed by atoms with Crippen molar-refractivity contribution in [2.75, 3.05) is 45.8 Å². The van der Waals surface area contributed by atoms with Gasteiger partial charge in [-0.25, -0.2) is 8.42 Å². The Morgan fingerprint density at radius 3 is 2.48 bits per heavy atom. The molecule has 0 bridgehead atoms. The summed E-state index contributed by atoms with van der Waals surface area (Å²) in [7, 11) is -1.25. The van der Waals surface area contributed by atoms with Gasteiger partial charge in [0.05, 0.1) is 38.0 Å². The van der Waals surface area contributed by atoms with Crippen LogP contribution >= 0.6 is 0 Å². The Hall–Kier alpha value is -2.38. The molecular formula is C15H21N5O6S. The topological polar surface area (TPSA) is 158 Å². The van der Waals surface area contributed by atoms with E-state index in [1.807, 2.05) is 7.05 Å². The summed E-state index contributed by atoms with van der Waals surface area (Å²) in [5, 5.41) is 2.79. The van der Waals surface area contributed by atoms with Crippen molar-refractivity contribution in [1.29, 1.82) is 0 Å². The van der Waals surface area contributed by atoms with Crippen LogP contribution in [0.3, 0.4) is 0 Å². The zero-order valence-electron chi connectivity index (χ0n) is 14.9. The van der Waals surface area contributed by atoms with Gasteiger partial charge in [0.15, 0.2) is 0 Å². The van der Waals surface area contributed by atoms with Gasteiger partial charge >= 0.3 is 12.0 Å². The lowest BCUT2D eigenvalue weighted by atomic mass is 10.3. The highest BCUT2D eigenvalue weighted by Gasteiger charge is 2.32. The van der Waals surface area contributed by atoms with E-state index in [0.717, 1.165) is 0 Å². The molecule has 0 atom stereocenters. The number of anilines is 2. The molecule has 0 saturated carbocycles. The second-order valence-electron chi connectivity index (χ2n) is 5.98. The summed E-state index contributed by atoms with van der Waals surface area (Å²) in [6, 6.07) is 5.85. The maximum absolute atomic E-state index is 11.4. The molecule has 0 unspecified atom stereocenters. The van der Waals surface area contributed by atoms with Gasteiger partial charge in [-0.2, -0.15) is 4.98 Å². The van der Waals surface area contributed by atoms with E-state index in [9.17, 15) is 13.0 Å². The van der Waals surface area contributed by atoms with Crippen molar-refractivity contribution in [3.63, 3.8) is 0 Å². The predicted molar refractivity (Wildman–Crippen MR) is 96.0 cm³/mol. The molecule has 1 aliphatic rings. The van der Waals surface area contributed by atoms with E-state index in [0.29, 0.717) is 36.7 Å². The second kappa shape index (κ2) is 8.10. The van der Waals surface area contributed by atoms with E-state index in [4.69, 9.17) is 9.47 Å². The van der Waals surface area contributed by atoms with Gasteiger partial charge in [0.1, 0.15) is 23.2 Å². The Morgan fingerprint density at radius 1 is 1.19 bits per heavy atom. The number of para-hydroxylation sites is 1. The van der Waals surface area contributed by atoms with Crippen LogP contribution in [0.25, 0.3) is 0 Å². The van der Waals surface area contributed by atoms with Gasteiger partial charge in [-0.15, -0.1) is 9.97 Å². The number of morpholine rings is 1. The lowest BCUT2D eigenvalue weighted by Gasteiger charge is -2.34. The number of aromatic nitrogens is 3. The Labute approximate surface area is 156 Å². The summed E-state index contributed by atoms with van der Waals surface area (Å²) in [4.78, 5) is 12.4. The number of benzene rings is 1. The zero-order valence-corrected chi connectivity index (χ0v) is 15.7. The highest BCUT2D eigenvalue weighted by Crippen LogP contribution is 2.26. The number of likely N-dealkylation sites (N-methyl/N-ethyl adjacent to an activating group) is 1. The molecule has 1 aliphatic heterocycles. The molecule has 1 aromatic heterocycles. The van der Waals surface area contributed by atoms with Crippen molar-refractivity contribution in [1.82, 2.24) is 19.4 Å². The average Bonchev–Trinajstić information content (AvgIpc) is 2.61. The maximum Gasteiger partial charge on any atom is 0.336 e. The Kier molecular flexibility index (Phi) is 6.28. The molecule has 0 spiro atoms. The van der Waals surface area contributed by atoms with E-state index in [1.54, 1.807) is 6.07 Å². The van der Waals surface area contributed by atoms with E-state index < -0.39 is 10.1 Å². The van der Waals surface area contributed by atoms with E-state index in [2.05, 4.69) is 20.3 Å². The Balaban J connectivity index is 0.00000261. The molecule has 1 aromatic carbocycles. The normalized spacial score (nSPS) is 16.3. The molecule has 11 nitrogen and oxygen atoms in total. The largest absolute Gasteiger partial charge is 0.744 e. The number of quaternary nitrogens is 1. The van der Waals surface area contributed by atoms with E-state index >= 15 is 0 Å². The molecule has 3 N–H and O–H groups in total. The van der Waals surface area contributed by atoms with Crippen LogP contribution in [0.2, 0.25) is 0 Å². The molecule has 1 saturated heterocycles. The van der Waals surface area contributed by atoms with Gasteiger partial charge < -0.3 is 24.8 Å². The monoisotopic (exact) mass is 399 g/mol. The second-order valence-corrected chi connectivity index (χ2v) is 7.32. The van der Waals surface area contributed by atoms with Gasteiger partial charge in [0.2, 0.25) is 5.95 Å². The highest BCUT2D eigenvalue weighted by atomic mass is 32.2. The number of rotatable bonds is 5. The van der Waals surface area contributed by atoms with E-state index in [1.165, 1.54) is 25.3 Å². The van der Waals surface area contributed by atoms with Crippen molar-refractivity contribution < 1.29 is 27.9 Å². The lowest BCUT2D eigenvalue weighted by Crippen LogP contribution is -2.54. The summed E-state index contributed by atoms with van der Waals surface area (Å²) in [5.41, 5.74) is 0.0892. The minimum atomic E-state index is -4.65. The number of hydrogen-bond acceptors (Lipinski definition) is 9. The fraction of sp³-hybridized carbons (Fsp3) is 0.400. The molecule has 0 amide bonds. The molecule has 2 heterocycles. The standard InChI is InChI=1S/C15H19N5O5S.H2O/c1-20(7-9-25-10-8-20)14-17-13(18-15(19-14)24-2)16-11-5-3-4-6-12(11)26(21,22)23;/h3-6H,7-10H2,1-2H3,(H-,16,17,18,19,21,22,23);1H2. The minimum absolute atomic E-state index is 0. The lowest BCUT2D eigenvalue weighted by molar-refractivity contribution is 0.0493. The van der Waals surface area contributed by atoms with Crippen LogP contribution in [0.15, 0.2) is 29.2 Å². The molecule has 12 heteroatoms. The molecular weight excluding hydrogens is 378 g/mol. The summed E-state index contributed by atoms with van der Waals surface area (Å²) in [5.74, 6) is 0.555. The summed E-state index contributed by atoms with van der Waals surface area (Å²) >= 11 is 0. The van der Waals surface area contributed by atoms with Gasteiger partial charge in [0, 0.05) is 0 Å². The summed E-state index contributed by atoms with van der Waals surface area (Å²) in [6.07, 6.45) is 0. The molecule has 27 heavy (non-hydrogen) atoms. The smallest absolute Gasteiger partial charge is 0.336 e. The maximum atomic E-state index is 11.4. The van der Waals surface area contributed by atoms with Crippen LogP contribution in [0.1, 0.15) is 0 Å². The first-order valence-electron chi connectivity index (χ1n) is 7.87. The average molecular weight is 399 g/mol. The van der Waals surface area contributed by atoms with Crippen molar-refractivity contribution in [2.24, 2.45) is 0 Å². The van der Waals surface area contributed by atoms with Crippen LogP contribution in [0.4, 0.5) is 17.6 Å². The molecule has 148 valence electrons. The first-order chi connectivity index (χ1) is 12.3. The van der Waals surface area contributed by atoms with Crippen LogP contribution in [0, 0.1) is 0 Å². The first-order valence-corrected chi connectivity index (χ1v) is 9.27. The third-order valence-electron chi connectivity index (χ3n) is 4.13. The summed E-state index contributed by atoms with van der Waals surface area (Å²) < 4.78 is 45.3. The van der Waals surface area contributed by atoms with Crippen molar-refractivity contribution >= 4 is 27.7 Å². The third-order valence-corrected chi connectivity index (χ3v) is 5.02. The first kappa shape index (κ1) is 20.9. The van der Waals surface area contributed by atoms with Crippen LogP contribution in [-0.4, -0.2) is 73.9 Å². The van der Waals surface area contributed by atoms with Gasteiger partial charge in [-0.3, -0.25) is 4.48 Å². The van der Waals surface area contributed by atoms with Gasteiger partial charge in [0.25, 0.3) is 0 Å². The van der Waals surface area contributed by atoms with Crippen LogP contribution < -0.4 is 14.5 Å². The van der Waals surface area contributed by atoms with Gasteiger partial charge in [-0.05, 0) is 12.1 Å². The highest BCUT2D eigenvalue weighted by molar-refractivity contribution is 7.86. The van der Waals surface area contributed by atoms with E-state index in [-0.39, 0.29) is 28.0 Å². The van der Waals surface area contributed by atoms with Crippen LogP contribution in [0.5, 0.6) is 6.01 Å². The molecule has 2 aromatic rings. The van der Waals surface area contributed by atoms with Gasteiger partial charge in [-0.1, -0.05) is 12.1 Å². The third kappa shape index (κ3) is 4.67. The SMILES string of the molecule is COc1nc(Nc2ccccc2S(=O)(=O)[O-])nc([N+]2(C)CCOCC2)n1.O. The number of methoxy groups -OCH3 is 1. The fourth-order valence-electron chi connectivity index (χ4n) is 2.59. The quantitative estimate of drug-likeness (QED) is 0.525. The zero-order chi connectivity index (χ0) is 18.8. The number of nitrogens with one attached hydrogen (secondary N) is 1. The molecule has 1 fully saturated rings.